The Morgan fingerprint density at radius 1 is 1.32 bits per heavy atom. The van der Waals surface area contributed by atoms with Gasteiger partial charge in [-0.1, -0.05) is 17.5 Å². The van der Waals surface area contributed by atoms with E-state index in [1.54, 1.807) is 10.6 Å². The first-order valence-electron chi connectivity index (χ1n) is 6.23. The standard InChI is InChI=1S/C14H7ClF4N2O3S/c1-2-8-9(16)3-4-10(12(8)17)21-25(22,23)11-5-7(15)6-20-13(11)24-14(18)19/h1,3-6,14,21H. The van der Waals surface area contributed by atoms with E-state index in [4.69, 9.17) is 18.0 Å². The molecule has 0 bridgehead atoms. The van der Waals surface area contributed by atoms with Gasteiger partial charge < -0.3 is 4.74 Å². The number of hydrogen-bond donors (Lipinski definition) is 1. The maximum atomic E-state index is 14.1. The number of aromatic nitrogens is 1. The Balaban J connectivity index is 2.51. The average Bonchev–Trinajstić information content (AvgIpc) is 2.52. The van der Waals surface area contributed by atoms with Crippen molar-refractivity contribution in [2.75, 3.05) is 4.72 Å². The molecule has 0 saturated heterocycles. The number of alkyl halides is 2. The Labute approximate surface area is 144 Å². The lowest BCUT2D eigenvalue weighted by molar-refractivity contribution is -0.0548. The average molecular weight is 395 g/mol. The van der Waals surface area contributed by atoms with Crippen LogP contribution in [0, 0.1) is 24.0 Å². The van der Waals surface area contributed by atoms with Crippen LogP contribution in [0.25, 0.3) is 0 Å². The third-order valence-electron chi connectivity index (χ3n) is 2.75. The van der Waals surface area contributed by atoms with Gasteiger partial charge in [-0.3, -0.25) is 4.72 Å². The van der Waals surface area contributed by atoms with Crippen LogP contribution in [0.4, 0.5) is 23.2 Å². The van der Waals surface area contributed by atoms with Crippen LogP contribution in [-0.2, 0) is 10.0 Å². The fraction of sp³-hybridized carbons (Fsp3) is 0.0714. The molecule has 1 aromatic carbocycles. The van der Waals surface area contributed by atoms with Gasteiger partial charge in [0.1, 0.15) is 5.82 Å². The lowest BCUT2D eigenvalue weighted by atomic mass is 10.2. The minimum atomic E-state index is -4.66. The van der Waals surface area contributed by atoms with E-state index in [0.29, 0.717) is 0 Å². The van der Waals surface area contributed by atoms with E-state index in [9.17, 15) is 26.0 Å². The summed E-state index contributed by atoms with van der Waals surface area (Å²) in [7, 11) is -4.66. The molecular formula is C14H7ClF4N2O3S. The van der Waals surface area contributed by atoms with Crippen molar-refractivity contribution >= 4 is 27.3 Å². The third kappa shape index (κ3) is 4.12. The lowest BCUT2D eigenvalue weighted by Crippen LogP contribution is -2.17. The molecule has 2 rings (SSSR count). The van der Waals surface area contributed by atoms with Crippen LogP contribution in [0.3, 0.4) is 0 Å². The Kier molecular flexibility index (Phi) is 5.39. The maximum Gasteiger partial charge on any atom is 0.388 e. The zero-order valence-corrected chi connectivity index (χ0v) is 13.5. The van der Waals surface area contributed by atoms with E-state index < -0.39 is 50.3 Å². The molecule has 0 radical (unpaired) electrons. The molecule has 25 heavy (non-hydrogen) atoms. The monoisotopic (exact) mass is 394 g/mol. The van der Waals surface area contributed by atoms with Crippen molar-refractivity contribution in [2.45, 2.75) is 11.5 Å². The molecule has 5 nitrogen and oxygen atoms in total. The molecule has 0 unspecified atom stereocenters. The normalized spacial score (nSPS) is 11.2. The zero-order chi connectivity index (χ0) is 18.8. The van der Waals surface area contributed by atoms with Gasteiger partial charge >= 0.3 is 6.61 Å². The van der Waals surface area contributed by atoms with Crippen molar-refractivity contribution in [2.24, 2.45) is 0 Å². The molecule has 1 N–H and O–H groups in total. The van der Waals surface area contributed by atoms with Crippen LogP contribution in [0.2, 0.25) is 5.02 Å². The van der Waals surface area contributed by atoms with Crippen molar-refractivity contribution in [1.29, 1.82) is 0 Å². The quantitative estimate of drug-likeness (QED) is 0.623. The van der Waals surface area contributed by atoms with Gasteiger partial charge in [0.15, 0.2) is 10.7 Å². The number of sulfonamides is 1. The first-order valence-corrected chi connectivity index (χ1v) is 8.09. The molecule has 1 aromatic heterocycles. The Morgan fingerprint density at radius 3 is 2.60 bits per heavy atom. The number of ether oxygens (including phenoxy) is 1. The minimum absolute atomic E-state index is 0.203. The van der Waals surface area contributed by atoms with Crippen molar-refractivity contribution in [3.8, 4) is 18.2 Å². The highest BCUT2D eigenvalue weighted by molar-refractivity contribution is 7.92. The number of halogens is 5. The summed E-state index contributed by atoms with van der Waals surface area (Å²) < 4.78 is 82.7. The molecule has 0 atom stereocenters. The SMILES string of the molecule is C#Cc1c(F)ccc(NS(=O)(=O)c2cc(Cl)cnc2OC(F)F)c1F. The van der Waals surface area contributed by atoms with Crippen LogP contribution in [0.5, 0.6) is 5.88 Å². The van der Waals surface area contributed by atoms with E-state index in [1.807, 2.05) is 0 Å². The summed E-state index contributed by atoms with van der Waals surface area (Å²) in [6, 6.07) is 2.29. The lowest BCUT2D eigenvalue weighted by Gasteiger charge is -2.13. The molecule has 0 amide bonds. The number of pyridine rings is 1. The highest BCUT2D eigenvalue weighted by atomic mass is 35.5. The van der Waals surface area contributed by atoms with Crippen LogP contribution in [-0.4, -0.2) is 20.0 Å². The van der Waals surface area contributed by atoms with Crippen molar-refractivity contribution < 1.29 is 30.7 Å². The van der Waals surface area contributed by atoms with Crippen LogP contribution < -0.4 is 9.46 Å². The van der Waals surface area contributed by atoms with Crippen molar-refractivity contribution in [3.05, 3.63) is 46.6 Å². The zero-order valence-electron chi connectivity index (χ0n) is 11.9. The van der Waals surface area contributed by atoms with E-state index in [-0.39, 0.29) is 5.02 Å². The summed E-state index contributed by atoms with van der Waals surface area (Å²) >= 11 is 5.61. The molecule has 0 aliphatic rings. The molecule has 0 fully saturated rings. The summed E-state index contributed by atoms with van der Waals surface area (Å²) in [6.07, 6.45) is 5.84. The molecular weight excluding hydrogens is 388 g/mol. The maximum absolute atomic E-state index is 14.1. The van der Waals surface area contributed by atoms with Gasteiger partial charge in [-0.2, -0.15) is 8.78 Å². The first-order chi connectivity index (χ1) is 11.7. The van der Waals surface area contributed by atoms with Gasteiger partial charge in [0.05, 0.1) is 16.3 Å². The fourth-order valence-electron chi connectivity index (χ4n) is 1.74. The van der Waals surface area contributed by atoms with Crippen LogP contribution in [0.15, 0.2) is 29.3 Å². The second kappa shape index (κ2) is 7.16. The van der Waals surface area contributed by atoms with E-state index in [2.05, 4.69) is 9.72 Å². The van der Waals surface area contributed by atoms with Crippen LogP contribution >= 0.6 is 11.6 Å². The number of terminal acetylenes is 1. The number of anilines is 1. The highest BCUT2D eigenvalue weighted by Gasteiger charge is 2.25. The Bertz CT molecular complexity index is 961. The topological polar surface area (TPSA) is 68.3 Å². The Morgan fingerprint density at radius 2 is 2.00 bits per heavy atom. The van der Waals surface area contributed by atoms with Crippen molar-refractivity contribution in [1.82, 2.24) is 4.98 Å². The molecule has 0 aliphatic heterocycles. The number of benzene rings is 1. The molecule has 1 heterocycles. The molecule has 0 saturated carbocycles. The highest BCUT2D eigenvalue weighted by Crippen LogP contribution is 2.29. The minimum Gasteiger partial charge on any atom is -0.415 e. The summed E-state index contributed by atoms with van der Waals surface area (Å²) in [4.78, 5) is 2.49. The van der Waals surface area contributed by atoms with Gasteiger partial charge in [-0.15, -0.1) is 6.42 Å². The third-order valence-corrected chi connectivity index (χ3v) is 4.32. The summed E-state index contributed by atoms with van der Waals surface area (Å²) in [5.41, 5.74) is -1.49. The molecule has 2 aromatic rings. The van der Waals surface area contributed by atoms with Gasteiger partial charge in [-0.05, 0) is 18.2 Å². The summed E-state index contributed by atoms with van der Waals surface area (Å²) in [5, 5.41) is -0.203. The number of nitrogens with zero attached hydrogens (tertiary/aromatic N) is 1. The van der Waals surface area contributed by atoms with E-state index >= 15 is 0 Å². The van der Waals surface area contributed by atoms with Crippen molar-refractivity contribution in [3.63, 3.8) is 0 Å². The number of nitrogens with one attached hydrogen (secondary N) is 1. The second-order valence-corrected chi connectivity index (χ2v) is 6.46. The van der Waals surface area contributed by atoms with Gasteiger partial charge in [-0.25, -0.2) is 22.2 Å². The van der Waals surface area contributed by atoms with E-state index in [1.165, 1.54) is 0 Å². The van der Waals surface area contributed by atoms with Gasteiger partial charge in [0, 0.05) is 6.20 Å². The van der Waals surface area contributed by atoms with E-state index in [0.717, 1.165) is 24.4 Å². The largest absolute Gasteiger partial charge is 0.415 e. The van der Waals surface area contributed by atoms with Gasteiger partial charge in [0.2, 0.25) is 5.88 Å². The molecule has 132 valence electrons. The molecule has 0 spiro atoms. The van der Waals surface area contributed by atoms with Crippen LogP contribution in [0.1, 0.15) is 5.56 Å². The number of hydrogen-bond acceptors (Lipinski definition) is 4. The molecule has 11 heteroatoms. The predicted molar refractivity (Wildman–Crippen MR) is 81.0 cm³/mol. The molecule has 0 aliphatic carbocycles. The summed E-state index contributed by atoms with van der Waals surface area (Å²) in [6.45, 7) is -3.36. The van der Waals surface area contributed by atoms with Gasteiger partial charge in [0.25, 0.3) is 10.0 Å². The fourth-order valence-corrected chi connectivity index (χ4v) is 3.13. The number of rotatable bonds is 5. The summed E-state index contributed by atoms with van der Waals surface area (Å²) in [5.74, 6) is -1.64. The predicted octanol–water partition coefficient (Wildman–Crippen LogP) is 3.40. The smallest absolute Gasteiger partial charge is 0.388 e. The first kappa shape index (κ1) is 18.8. The Hall–Kier alpha value is -2.51. The second-order valence-electron chi connectivity index (χ2n) is 4.37.